The molecule has 1 saturated carbocycles. The molecule has 4 unspecified atom stereocenters. The fourth-order valence-electron chi connectivity index (χ4n) is 4.71. The standard InChI is InChI=1S/C20H31N/c1-2-15-7-5-11-18(13-15)20(21)14-17-10-6-9-16-8-3-4-12-19(16)17/h3-4,8,12,15,17-18,20H,2,5-7,9-11,13-14,21H2,1H3. The Morgan fingerprint density at radius 2 is 2.00 bits per heavy atom. The van der Waals surface area contributed by atoms with E-state index < -0.39 is 0 Å². The molecule has 3 rings (SSSR count). The molecule has 4 atom stereocenters. The summed E-state index contributed by atoms with van der Waals surface area (Å²) in [6.45, 7) is 2.34. The third kappa shape index (κ3) is 3.51. The van der Waals surface area contributed by atoms with Crippen molar-refractivity contribution in [2.45, 2.75) is 76.7 Å². The molecule has 1 aromatic carbocycles. The van der Waals surface area contributed by atoms with E-state index in [2.05, 4.69) is 31.2 Å². The van der Waals surface area contributed by atoms with Crippen molar-refractivity contribution in [2.75, 3.05) is 0 Å². The maximum absolute atomic E-state index is 6.65. The normalized spacial score (nSPS) is 30.7. The lowest BCUT2D eigenvalue weighted by molar-refractivity contribution is 0.216. The number of fused-ring (bicyclic) bond motifs is 1. The average Bonchev–Trinajstić information content (AvgIpc) is 2.55. The Hall–Kier alpha value is -0.820. The first-order valence-corrected chi connectivity index (χ1v) is 9.11. The largest absolute Gasteiger partial charge is 0.327 e. The number of aryl methyl sites for hydroxylation is 1. The molecule has 21 heavy (non-hydrogen) atoms. The Morgan fingerprint density at radius 1 is 1.14 bits per heavy atom. The molecule has 0 spiro atoms. The smallest absolute Gasteiger partial charge is 0.00730 e. The van der Waals surface area contributed by atoms with Crippen molar-refractivity contribution in [3.8, 4) is 0 Å². The summed E-state index contributed by atoms with van der Waals surface area (Å²) >= 11 is 0. The van der Waals surface area contributed by atoms with Crippen molar-refractivity contribution < 1.29 is 0 Å². The van der Waals surface area contributed by atoms with E-state index in [0.717, 1.165) is 11.8 Å². The van der Waals surface area contributed by atoms with Crippen LogP contribution in [0.4, 0.5) is 0 Å². The van der Waals surface area contributed by atoms with E-state index in [9.17, 15) is 0 Å². The molecule has 0 aromatic heterocycles. The molecule has 1 nitrogen and oxygen atoms in total. The van der Waals surface area contributed by atoms with Crippen LogP contribution >= 0.6 is 0 Å². The minimum Gasteiger partial charge on any atom is -0.327 e. The van der Waals surface area contributed by atoms with E-state index in [4.69, 9.17) is 5.73 Å². The third-order valence-corrected chi connectivity index (χ3v) is 6.06. The minimum atomic E-state index is 0.413. The predicted molar refractivity (Wildman–Crippen MR) is 90.5 cm³/mol. The van der Waals surface area contributed by atoms with Crippen molar-refractivity contribution in [3.63, 3.8) is 0 Å². The second-order valence-corrected chi connectivity index (χ2v) is 7.39. The van der Waals surface area contributed by atoms with Crippen molar-refractivity contribution in [1.29, 1.82) is 0 Å². The molecule has 1 heteroatoms. The van der Waals surface area contributed by atoms with Gasteiger partial charge in [0.2, 0.25) is 0 Å². The van der Waals surface area contributed by atoms with Gasteiger partial charge >= 0.3 is 0 Å². The predicted octanol–water partition coefficient (Wildman–Crippen LogP) is 5.04. The molecule has 116 valence electrons. The number of benzene rings is 1. The lowest BCUT2D eigenvalue weighted by atomic mass is 9.72. The Morgan fingerprint density at radius 3 is 2.86 bits per heavy atom. The molecule has 2 N–H and O–H groups in total. The van der Waals surface area contributed by atoms with Gasteiger partial charge in [-0.25, -0.2) is 0 Å². The van der Waals surface area contributed by atoms with Crippen LogP contribution in [0.15, 0.2) is 24.3 Å². The van der Waals surface area contributed by atoms with Crippen LogP contribution in [0.2, 0.25) is 0 Å². The second-order valence-electron chi connectivity index (χ2n) is 7.39. The van der Waals surface area contributed by atoms with Gasteiger partial charge in [0.05, 0.1) is 0 Å². The summed E-state index contributed by atoms with van der Waals surface area (Å²) in [5, 5.41) is 0. The third-order valence-electron chi connectivity index (χ3n) is 6.06. The Kier molecular flexibility index (Phi) is 5.00. The van der Waals surface area contributed by atoms with Gasteiger partial charge < -0.3 is 5.73 Å². The average molecular weight is 285 g/mol. The molecule has 2 aliphatic rings. The van der Waals surface area contributed by atoms with Crippen LogP contribution in [0.25, 0.3) is 0 Å². The highest BCUT2D eigenvalue weighted by molar-refractivity contribution is 5.32. The van der Waals surface area contributed by atoms with Crippen molar-refractivity contribution >= 4 is 0 Å². The molecule has 1 aromatic rings. The SMILES string of the molecule is CCC1CCCC(C(N)CC2CCCc3ccccc32)C1. The van der Waals surface area contributed by atoms with Crippen LogP contribution in [0.1, 0.15) is 75.3 Å². The lowest BCUT2D eigenvalue weighted by Gasteiger charge is -2.35. The van der Waals surface area contributed by atoms with Crippen molar-refractivity contribution in [3.05, 3.63) is 35.4 Å². The zero-order valence-corrected chi connectivity index (χ0v) is 13.6. The van der Waals surface area contributed by atoms with E-state index in [1.807, 2.05) is 0 Å². The van der Waals surface area contributed by atoms with Gasteiger partial charge in [0, 0.05) is 6.04 Å². The van der Waals surface area contributed by atoms with Crippen LogP contribution in [0.3, 0.4) is 0 Å². The Bertz CT molecular complexity index is 453. The van der Waals surface area contributed by atoms with Gasteiger partial charge in [0.1, 0.15) is 0 Å². The zero-order chi connectivity index (χ0) is 14.7. The summed E-state index contributed by atoms with van der Waals surface area (Å²) in [5.74, 6) is 2.43. The van der Waals surface area contributed by atoms with Gasteiger partial charge in [-0.1, -0.05) is 50.5 Å². The first-order valence-electron chi connectivity index (χ1n) is 9.11. The second kappa shape index (κ2) is 6.96. The van der Waals surface area contributed by atoms with Crippen LogP contribution in [-0.2, 0) is 6.42 Å². The first kappa shape index (κ1) is 15.1. The summed E-state index contributed by atoms with van der Waals surface area (Å²) in [6.07, 6.45) is 12.1. The van der Waals surface area contributed by atoms with Crippen LogP contribution in [-0.4, -0.2) is 6.04 Å². The van der Waals surface area contributed by atoms with E-state index in [1.54, 1.807) is 11.1 Å². The molecule has 2 aliphatic carbocycles. The van der Waals surface area contributed by atoms with Gasteiger partial charge in [-0.15, -0.1) is 0 Å². The van der Waals surface area contributed by atoms with Crippen molar-refractivity contribution in [2.24, 2.45) is 17.6 Å². The van der Waals surface area contributed by atoms with Gasteiger partial charge in [0.15, 0.2) is 0 Å². The maximum Gasteiger partial charge on any atom is 0.00730 e. The highest BCUT2D eigenvalue weighted by atomic mass is 14.7. The highest BCUT2D eigenvalue weighted by Gasteiger charge is 2.29. The summed E-state index contributed by atoms with van der Waals surface area (Å²) in [5.41, 5.74) is 9.83. The molecule has 0 amide bonds. The van der Waals surface area contributed by atoms with E-state index in [1.165, 1.54) is 57.8 Å². The molecule has 0 bridgehead atoms. The van der Waals surface area contributed by atoms with Crippen LogP contribution in [0.5, 0.6) is 0 Å². The topological polar surface area (TPSA) is 26.0 Å². The summed E-state index contributed by atoms with van der Waals surface area (Å²) in [6, 6.07) is 9.47. The molecular weight excluding hydrogens is 254 g/mol. The number of hydrogen-bond acceptors (Lipinski definition) is 1. The molecule has 0 saturated heterocycles. The van der Waals surface area contributed by atoms with Gasteiger partial charge in [-0.2, -0.15) is 0 Å². The van der Waals surface area contributed by atoms with E-state index >= 15 is 0 Å². The number of nitrogens with two attached hydrogens (primary N) is 1. The summed E-state index contributed by atoms with van der Waals surface area (Å²) in [4.78, 5) is 0. The molecule has 0 aliphatic heterocycles. The molecule has 0 radical (unpaired) electrons. The fraction of sp³-hybridized carbons (Fsp3) is 0.700. The van der Waals surface area contributed by atoms with E-state index in [0.29, 0.717) is 12.0 Å². The maximum atomic E-state index is 6.65. The zero-order valence-electron chi connectivity index (χ0n) is 13.6. The van der Waals surface area contributed by atoms with E-state index in [-0.39, 0.29) is 0 Å². The van der Waals surface area contributed by atoms with Gasteiger partial charge in [-0.05, 0) is 67.4 Å². The van der Waals surface area contributed by atoms with Crippen molar-refractivity contribution in [1.82, 2.24) is 0 Å². The number of rotatable bonds is 4. The first-order chi connectivity index (χ1) is 10.3. The molecular formula is C20H31N. The minimum absolute atomic E-state index is 0.413. The monoisotopic (exact) mass is 285 g/mol. The van der Waals surface area contributed by atoms with Crippen LogP contribution < -0.4 is 5.73 Å². The van der Waals surface area contributed by atoms with Crippen LogP contribution in [0, 0.1) is 11.8 Å². The Labute approximate surface area is 130 Å². The number of hydrogen-bond donors (Lipinski definition) is 1. The fourth-order valence-corrected chi connectivity index (χ4v) is 4.71. The molecule has 1 fully saturated rings. The quantitative estimate of drug-likeness (QED) is 0.824. The summed E-state index contributed by atoms with van der Waals surface area (Å²) in [7, 11) is 0. The molecule has 0 heterocycles. The van der Waals surface area contributed by atoms with Gasteiger partial charge in [0.25, 0.3) is 0 Å². The lowest BCUT2D eigenvalue weighted by Crippen LogP contribution is -2.35. The highest BCUT2D eigenvalue weighted by Crippen LogP contribution is 2.38. The van der Waals surface area contributed by atoms with Gasteiger partial charge in [-0.3, -0.25) is 0 Å². The summed E-state index contributed by atoms with van der Waals surface area (Å²) < 4.78 is 0. The Balaban J connectivity index is 1.64.